The van der Waals surface area contributed by atoms with Crippen molar-refractivity contribution in [2.24, 2.45) is 5.92 Å². The van der Waals surface area contributed by atoms with E-state index in [2.05, 4.69) is 30.2 Å². The summed E-state index contributed by atoms with van der Waals surface area (Å²) in [6, 6.07) is 0. The molecule has 0 heterocycles. The quantitative estimate of drug-likeness (QED) is 0.0309. The zero-order valence-corrected chi connectivity index (χ0v) is 29.1. The second kappa shape index (κ2) is 31.8. The smallest absolute Gasteiger partial charge is 0.726 e. The maximum absolute atomic E-state index is 10.9. The fourth-order valence-corrected chi connectivity index (χ4v) is 5.21. The van der Waals surface area contributed by atoms with E-state index in [1.807, 2.05) is 0 Å². The van der Waals surface area contributed by atoms with E-state index in [4.69, 9.17) is 0 Å². The molecule has 0 bridgehead atoms. The van der Waals surface area contributed by atoms with Crippen LogP contribution >= 0.6 is 0 Å². The fourth-order valence-electron chi connectivity index (χ4n) is 4.87. The summed E-state index contributed by atoms with van der Waals surface area (Å²) < 4.78 is 37.3. The van der Waals surface area contributed by atoms with Gasteiger partial charge in [0, 0.05) is 5.92 Å². The van der Waals surface area contributed by atoms with Gasteiger partial charge in [0.25, 0.3) is 0 Å². The largest absolute Gasteiger partial charge is 1.00 e. The van der Waals surface area contributed by atoms with Crippen LogP contribution in [0.5, 0.6) is 0 Å². The van der Waals surface area contributed by atoms with E-state index < -0.39 is 10.4 Å². The Hall–Kier alpha value is 1.25. The molecule has 0 aromatic carbocycles. The molecule has 1 atom stereocenters. The molecule has 0 amide bonds. The molecule has 4 nitrogen and oxygen atoms in total. The maximum atomic E-state index is 10.9. The van der Waals surface area contributed by atoms with Gasteiger partial charge in [0.05, 0.1) is 6.61 Å². The Kier molecular flexibility index (Phi) is 34.7. The van der Waals surface area contributed by atoms with Gasteiger partial charge in [-0.05, 0) is 19.3 Å². The number of hydrogen-bond donors (Lipinski definition) is 0. The minimum Gasteiger partial charge on any atom is -0.726 e. The normalized spacial score (nSPS) is 12.7. The van der Waals surface area contributed by atoms with Crippen LogP contribution in [0, 0.1) is 5.92 Å². The second-order valence-electron chi connectivity index (χ2n) is 10.9. The molecule has 37 heavy (non-hydrogen) atoms. The van der Waals surface area contributed by atoms with Gasteiger partial charge in [0.15, 0.2) is 0 Å². The molecule has 1 unspecified atom stereocenters. The summed E-state index contributed by atoms with van der Waals surface area (Å²) in [5.74, 6) is 0.0181. The summed E-state index contributed by atoms with van der Waals surface area (Å²) in [5, 5.41) is 0. The number of unbranched alkanes of at least 4 members (excludes halogenated alkanes) is 22. The molecule has 0 rings (SSSR count). The third kappa shape index (κ3) is 35.2. The fraction of sp³-hybridized carbons (Fsp3) is 0.935. The van der Waals surface area contributed by atoms with Crippen molar-refractivity contribution in [1.82, 2.24) is 0 Å². The molecule has 0 aliphatic carbocycles. The Labute approximate surface area is 275 Å². The van der Waals surface area contributed by atoms with Crippen LogP contribution in [0.4, 0.5) is 0 Å². The molecule has 0 aromatic rings. The SMILES string of the molecule is CCCCCCCCCCCCC/C=C/C(CCCCCCCCCCCCCC)COS(=O)(=O)[O-].[K+]. The van der Waals surface area contributed by atoms with Crippen LogP contribution in [-0.2, 0) is 14.6 Å². The van der Waals surface area contributed by atoms with Crippen molar-refractivity contribution in [3.8, 4) is 0 Å². The van der Waals surface area contributed by atoms with Gasteiger partial charge in [-0.15, -0.1) is 0 Å². The van der Waals surface area contributed by atoms with Gasteiger partial charge in [0.2, 0.25) is 10.4 Å². The number of rotatable bonds is 29. The molecular weight excluding hydrogens is 508 g/mol. The van der Waals surface area contributed by atoms with Crippen molar-refractivity contribution >= 4 is 10.4 Å². The second-order valence-corrected chi connectivity index (χ2v) is 11.9. The minimum atomic E-state index is -4.62. The summed E-state index contributed by atoms with van der Waals surface area (Å²) in [7, 11) is -4.62. The van der Waals surface area contributed by atoms with Crippen molar-refractivity contribution in [2.75, 3.05) is 6.61 Å². The predicted molar refractivity (Wildman–Crippen MR) is 155 cm³/mol. The van der Waals surface area contributed by atoms with Crippen LogP contribution in [0.15, 0.2) is 12.2 Å². The summed E-state index contributed by atoms with van der Waals surface area (Å²) in [6.07, 6.45) is 36.6. The average Bonchev–Trinajstić information content (AvgIpc) is 2.84. The monoisotopic (exact) mass is 568 g/mol. The van der Waals surface area contributed by atoms with Gasteiger partial charge >= 0.3 is 51.4 Å². The molecule has 0 radical (unpaired) electrons. The van der Waals surface area contributed by atoms with Crippen LogP contribution in [-0.4, -0.2) is 19.6 Å². The predicted octanol–water partition coefficient (Wildman–Crippen LogP) is 7.43. The molecular formula is C31H61KO4S. The third-order valence-corrected chi connectivity index (χ3v) is 7.66. The summed E-state index contributed by atoms with van der Waals surface area (Å²) in [4.78, 5) is 0. The van der Waals surface area contributed by atoms with Gasteiger partial charge in [-0.2, -0.15) is 0 Å². The van der Waals surface area contributed by atoms with Crippen LogP contribution in [0.3, 0.4) is 0 Å². The molecule has 0 aliphatic heterocycles. The van der Waals surface area contributed by atoms with Crippen LogP contribution in [0.2, 0.25) is 0 Å². The average molecular weight is 569 g/mol. The van der Waals surface area contributed by atoms with E-state index >= 15 is 0 Å². The molecule has 0 N–H and O–H groups in total. The molecule has 216 valence electrons. The first-order valence-electron chi connectivity index (χ1n) is 15.8. The van der Waals surface area contributed by atoms with Gasteiger partial charge in [-0.1, -0.05) is 167 Å². The van der Waals surface area contributed by atoms with Crippen LogP contribution in [0.25, 0.3) is 0 Å². The van der Waals surface area contributed by atoms with E-state index in [9.17, 15) is 13.0 Å². The Bertz CT molecular complexity index is 566. The standard InChI is InChI=1S/C31H62O4S.K/c1-3-5-7-9-11-13-15-17-19-21-23-25-27-29-31(30-35-36(32,33)34)28-26-24-22-20-18-16-14-12-10-8-6-4-2;/h27,29,31H,3-26,28,30H2,1-2H3,(H,32,33,34);/q;+1/p-1/b29-27+;. The van der Waals surface area contributed by atoms with Crippen molar-refractivity contribution in [2.45, 2.75) is 174 Å². The van der Waals surface area contributed by atoms with Crippen molar-refractivity contribution in [1.29, 1.82) is 0 Å². The van der Waals surface area contributed by atoms with Gasteiger partial charge < -0.3 is 4.55 Å². The molecule has 0 aliphatic rings. The number of allylic oxidation sites excluding steroid dienone is 1. The van der Waals surface area contributed by atoms with Crippen molar-refractivity contribution in [3.63, 3.8) is 0 Å². The first-order valence-corrected chi connectivity index (χ1v) is 17.1. The Balaban J connectivity index is 0. The van der Waals surface area contributed by atoms with Crippen LogP contribution in [0.1, 0.15) is 174 Å². The van der Waals surface area contributed by atoms with E-state index in [-0.39, 0.29) is 63.9 Å². The topological polar surface area (TPSA) is 66.4 Å². The first kappa shape index (κ1) is 40.4. The van der Waals surface area contributed by atoms with E-state index in [1.165, 1.54) is 141 Å². The molecule has 6 heteroatoms. The Morgan fingerprint density at radius 3 is 1.32 bits per heavy atom. The van der Waals surface area contributed by atoms with Crippen molar-refractivity contribution < 1.29 is 68.5 Å². The summed E-state index contributed by atoms with van der Waals surface area (Å²) >= 11 is 0. The Morgan fingerprint density at radius 2 is 0.946 bits per heavy atom. The molecule has 0 saturated carbocycles. The zero-order chi connectivity index (χ0) is 26.6. The number of hydrogen-bond acceptors (Lipinski definition) is 4. The molecule has 0 aromatic heterocycles. The van der Waals surface area contributed by atoms with Gasteiger partial charge in [-0.25, -0.2) is 8.42 Å². The first-order chi connectivity index (χ1) is 17.5. The van der Waals surface area contributed by atoms with E-state index in [0.29, 0.717) is 0 Å². The van der Waals surface area contributed by atoms with Gasteiger partial charge in [0.1, 0.15) is 0 Å². The molecule has 0 saturated heterocycles. The minimum absolute atomic E-state index is 0. The molecule has 0 fully saturated rings. The van der Waals surface area contributed by atoms with Crippen LogP contribution < -0.4 is 51.4 Å². The van der Waals surface area contributed by atoms with E-state index in [1.54, 1.807) is 0 Å². The summed E-state index contributed by atoms with van der Waals surface area (Å²) in [6.45, 7) is 4.51. The van der Waals surface area contributed by atoms with Gasteiger partial charge in [-0.3, -0.25) is 4.18 Å². The molecule has 0 spiro atoms. The Morgan fingerprint density at radius 1 is 0.595 bits per heavy atom. The van der Waals surface area contributed by atoms with Crippen molar-refractivity contribution in [3.05, 3.63) is 12.2 Å². The maximum Gasteiger partial charge on any atom is 1.00 e. The van der Waals surface area contributed by atoms with E-state index in [0.717, 1.165) is 19.3 Å². The summed E-state index contributed by atoms with van der Waals surface area (Å²) in [5.41, 5.74) is 0. The third-order valence-electron chi connectivity index (χ3n) is 7.24. The zero-order valence-electron chi connectivity index (χ0n) is 25.2.